The van der Waals surface area contributed by atoms with Crippen LogP contribution in [0.2, 0.25) is 0 Å². The number of nitrogens with one attached hydrogen (secondary N) is 2. The summed E-state index contributed by atoms with van der Waals surface area (Å²) >= 11 is 3.43. The highest BCUT2D eigenvalue weighted by atomic mass is 79.9. The monoisotopic (exact) mass is 489 g/mol. The lowest BCUT2D eigenvalue weighted by Crippen LogP contribution is -2.17. The first-order valence-corrected chi connectivity index (χ1v) is 10.8. The van der Waals surface area contributed by atoms with E-state index in [-0.39, 0.29) is 24.4 Å². The molecule has 31 heavy (non-hydrogen) atoms. The van der Waals surface area contributed by atoms with E-state index < -0.39 is 0 Å². The third-order valence-corrected chi connectivity index (χ3v) is 5.31. The first kappa shape index (κ1) is 22.6. The molecule has 0 saturated carbocycles. The number of anilines is 1. The molecule has 1 heterocycles. The number of phenols is 1. The largest absolute Gasteiger partial charge is 0.506 e. The molecule has 1 aliphatic rings. The van der Waals surface area contributed by atoms with E-state index in [0.717, 1.165) is 35.7 Å². The minimum atomic E-state index is -0.162. The Kier molecular flexibility index (Phi) is 8.28. The van der Waals surface area contributed by atoms with Gasteiger partial charge in [-0.3, -0.25) is 9.59 Å². The Balaban J connectivity index is 1.27. The predicted molar refractivity (Wildman–Crippen MR) is 120 cm³/mol. The summed E-state index contributed by atoms with van der Waals surface area (Å²) in [6, 6.07) is 10.2. The average molecular weight is 490 g/mol. The first-order chi connectivity index (χ1) is 15.0. The molecule has 0 aromatic heterocycles. The third-order valence-electron chi connectivity index (χ3n) is 4.62. The molecule has 0 saturated heterocycles. The van der Waals surface area contributed by atoms with Gasteiger partial charge in [-0.2, -0.15) is 5.10 Å². The van der Waals surface area contributed by atoms with Crippen LogP contribution < -0.4 is 20.2 Å². The number of hydrazone groups is 1. The van der Waals surface area contributed by atoms with Gasteiger partial charge in [0.1, 0.15) is 5.75 Å². The normalized spacial score (nSPS) is 12.2. The molecular formula is C22H24BrN3O5. The fourth-order valence-corrected chi connectivity index (χ4v) is 3.40. The molecule has 0 aliphatic carbocycles. The van der Waals surface area contributed by atoms with Gasteiger partial charge in [-0.15, -0.1) is 0 Å². The summed E-state index contributed by atoms with van der Waals surface area (Å²) < 4.78 is 11.4. The number of fused-ring (bicyclic) bond motifs is 1. The molecule has 3 N–H and O–H groups in total. The lowest BCUT2D eigenvalue weighted by molar-refractivity contribution is -0.121. The van der Waals surface area contributed by atoms with E-state index >= 15 is 0 Å². The molecule has 164 valence electrons. The molecular weight excluding hydrogens is 466 g/mol. The van der Waals surface area contributed by atoms with Gasteiger partial charge in [-0.1, -0.05) is 25.0 Å². The second-order valence-corrected chi connectivity index (χ2v) is 7.85. The second-order valence-electron chi connectivity index (χ2n) is 7.00. The van der Waals surface area contributed by atoms with Gasteiger partial charge in [-0.05, 0) is 53.0 Å². The molecule has 0 atom stereocenters. The molecule has 2 aromatic rings. The van der Waals surface area contributed by atoms with Crippen LogP contribution in [0.4, 0.5) is 5.69 Å². The van der Waals surface area contributed by atoms with Crippen LogP contribution in [-0.2, 0) is 9.59 Å². The van der Waals surface area contributed by atoms with Crippen LogP contribution in [0.25, 0.3) is 0 Å². The molecule has 1 aliphatic heterocycles. The topological polar surface area (TPSA) is 109 Å². The van der Waals surface area contributed by atoms with Gasteiger partial charge in [0, 0.05) is 22.9 Å². The van der Waals surface area contributed by atoms with E-state index in [1.165, 1.54) is 6.07 Å². The summed E-state index contributed by atoms with van der Waals surface area (Å²) in [6.07, 6.45) is 5.41. The van der Waals surface area contributed by atoms with Crippen molar-refractivity contribution in [2.75, 3.05) is 12.1 Å². The van der Waals surface area contributed by atoms with Gasteiger partial charge in [-0.25, -0.2) is 5.43 Å². The molecule has 0 bridgehead atoms. The number of aromatic hydroxyl groups is 1. The van der Waals surface area contributed by atoms with Crippen LogP contribution in [0, 0.1) is 0 Å². The van der Waals surface area contributed by atoms with Crippen LogP contribution in [0.3, 0.4) is 0 Å². The number of unbranched alkanes of at least 4 members (excludes halogenated alkanes) is 3. The molecule has 2 amide bonds. The SMILES string of the molecule is O=C(CCCCCCC(=O)Nc1ccccc1O)N/N=C/c1cc2c(cc1Br)OCO2. The van der Waals surface area contributed by atoms with Crippen molar-refractivity contribution in [2.24, 2.45) is 5.10 Å². The van der Waals surface area contributed by atoms with E-state index in [1.807, 2.05) is 0 Å². The number of amides is 2. The maximum absolute atomic E-state index is 11.9. The Morgan fingerprint density at radius 2 is 1.71 bits per heavy atom. The summed E-state index contributed by atoms with van der Waals surface area (Å²) in [5, 5.41) is 16.3. The molecule has 0 unspecified atom stereocenters. The minimum Gasteiger partial charge on any atom is -0.506 e. The van der Waals surface area contributed by atoms with Gasteiger partial charge in [0.05, 0.1) is 11.9 Å². The van der Waals surface area contributed by atoms with E-state index in [2.05, 4.69) is 31.8 Å². The maximum Gasteiger partial charge on any atom is 0.240 e. The highest BCUT2D eigenvalue weighted by molar-refractivity contribution is 9.10. The van der Waals surface area contributed by atoms with Crippen LogP contribution >= 0.6 is 15.9 Å². The van der Waals surface area contributed by atoms with Crippen LogP contribution in [-0.4, -0.2) is 29.9 Å². The molecule has 0 fully saturated rings. The van der Waals surface area contributed by atoms with E-state index in [0.29, 0.717) is 30.0 Å². The van der Waals surface area contributed by atoms with Crippen molar-refractivity contribution in [1.29, 1.82) is 0 Å². The van der Waals surface area contributed by atoms with Gasteiger partial charge < -0.3 is 19.9 Å². The highest BCUT2D eigenvalue weighted by Crippen LogP contribution is 2.36. The zero-order valence-corrected chi connectivity index (χ0v) is 18.5. The summed E-state index contributed by atoms with van der Waals surface area (Å²) in [6.45, 7) is 0.195. The molecule has 3 rings (SSSR count). The van der Waals surface area contributed by atoms with Crippen molar-refractivity contribution < 1.29 is 24.2 Å². The number of hydrogen-bond acceptors (Lipinski definition) is 6. The Bertz CT molecular complexity index is 964. The van der Waals surface area contributed by atoms with Crippen molar-refractivity contribution in [3.05, 3.63) is 46.4 Å². The Morgan fingerprint density at radius 3 is 2.45 bits per heavy atom. The summed E-state index contributed by atoms with van der Waals surface area (Å²) in [7, 11) is 0. The van der Waals surface area contributed by atoms with Crippen molar-refractivity contribution in [3.63, 3.8) is 0 Å². The second kappa shape index (κ2) is 11.4. The number of hydrogen-bond donors (Lipinski definition) is 3. The third kappa shape index (κ3) is 6.99. The molecule has 8 nitrogen and oxygen atoms in total. The predicted octanol–water partition coefficient (Wildman–Crippen LogP) is 4.31. The average Bonchev–Trinajstić information content (AvgIpc) is 3.19. The van der Waals surface area contributed by atoms with Crippen molar-refractivity contribution in [1.82, 2.24) is 5.43 Å². The number of carbonyl (C=O) groups excluding carboxylic acids is 2. The number of halogens is 1. The summed E-state index contributed by atoms with van der Waals surface area (Å²) in [5.74, 6) is 1.07. The fourth-order valence-electron chi connectivity index (χ4n) is 2.98. The lowest BCUT2D eigenvalue weighted by atomic mass is 10.1. The molecule has 2 aromatic carbocycles. The van der Waals surface area contributed by atoms with E-state index in [4.69, 9.17) is 9.47 Å². The van der Waals surface area contributed by atoms with Gasteiger partial charge >= 0.3 is 0 Å². The number of phenolic OH excluding ortho intramolecular Hbond substituents is 1. The number of ether oxygens (including phenoxy) is 2. The number of nitrogens with zero attached hydrogens (tertiary/aromatic N) is 1. The lowest BCUT2D eigenvalue weighted by Gasteiger charge is -2.06. The van der Waals surface area contributed by atoms with Crippen molar-refractivity contribution >= 4 is 39.6 Å². The van der Waals surface area contributed by atoms with E-state index in [9.17, 15) is 14.7 Å². The van der Waals surface area contributed by atoms with Gasteiger partial charge in [0.25, 0.3) is 0 Å². The number of rotatable bonds is 10. The quantitative estimate of drug-likeness (QED) is 0.199. The van der Waals surface area contributed by atoms with Crippen LogP contribution in [0.15, 0.2) is 46.0 Å². The van der Waals surface area contributed by atoms with E-state index in [1.54, 1.807) is 36.5 Å². The van der Waals surface area contributed by atoms with Gasteiger partial charge in [0.2, 0.25) is 18.6 Å². The molecule has 0 spiro atoms. The fraction of sp³-hybridized carbons (Fsp3) is 0.318. The Labute approximate surface area is 188 Å². The maximum atomic E-state index is 11.9. The smallest absolute Gasteiger partial charge is 0.240 e. The van der Waals surface area contributed by atoms with Gasteiger partial charge in [0.15, 0.2) is 11.5 Å². The van der Waals surface area contributed by atoms with Crippen LogP contribution in [0.1, 0.15) is 44.1 Å². The number of benzene rings is 2. The molecule has 9 heteroatoms. The standard InChI is InChI=1S/C22H24BrN3O5/c23-16-12-20-19(30-14-31-20)11-15(16)13-24-26-22(29)10-4-2-1-3-9-21(28)25-17-7-5-6-8-18(17)27/h5-8,11-13,27H,1-4,9-10,14H2,(H,25,28)(H,26,29)/b24-13+. The highest BCUT2D eigenvalue weighted by Gasteiger charge is 2.15. The Morgan fingerprint density at radius 1 is 1.03 bits per heavy atom. The molecule has 0 radical (unpaired) electrons. The first-order valence-electron chi connectivity index (χ1n) is 10.0. The summed E-state index contributed by atoms with van der Waals surface area (Å²) in [5.41, 5.74) is 3.70. The minimum absolute atomic E-state index is 0.0513. The zero-order valence-electron chi connectivity index (χ0n) is 16.9. The van der Waals surface area contributed by atoms with Crippen molar-refractivity contribution in [2.45, 2.75) is 38.5 Å². The zero-order chi connectivity index (χ0) is 22.1. The van der Waals surface area contributed by atoms with Crippen molar-refractivity contribution in [3.8, 4) is 17.2 Å². The number of carbonyl (C=O) groups is 2. The van der Waals surface area contributed by atoms with Crippen LogP contribution in [0.5, 0.6) is 17.2 Å². The summed E-state index contributed by atoms with van der Waals surface area (Å²) in [4.78, 5) is 23.8. The Hall–Kier alpha value is -3.07. The number of para-hydroxylation sites is 2.